The zero-order valence-corrected chi connectivity index (χ0v) is 18.7. The summed E-state index contributed by atoms with van der Waals surface area (Å²) in [4.78, 5) is 14.4. The van der Waals surface area contributed by atoms with Crippen LogP contribution < -0.4 is 15.1 Å². The molecule has 0 unspecified atom stereocenters. The van der Waals surface area contributed by atoms with E-state index in [0.29, 0.717) is 0 Å². The second-order valence-electron chi connectivity index (χ2n) is 8.01. The molecule has 0 bridgehead atoms. The summed E-state index contributed by atoms with van der Waals surface area (Å²) in [6.45, 7) is 4.39. The minimum absolute atomic E-state index is 0.772. The Kier molecular flexibility index (Phi) is 6.08. The topological polar surface area (TPSA) is 44.3 Å². The van der Waals surface area contributed by atoms with E-state index in [0.717, 1.165) is 66.8 Å². The van der Waals surface area contributed by atoms with Crippen molar-refractivity contribution in [1.29, 1.82) is 0 Å². The second-order valence-corrected chi connectivity index (χ2v) is 8.44. The molecule has 0 saturated carbocycles. The van der Waals surface area contributed by atoms with Crippen molar-refractivity contribution in [3.63, 3.8) is 0 Å². The van der Waals surface area contributed by atoms with Gasteiger partial charge in [0, 0.05) is 48.8 Å². The number of hydrogen-bond acceptors (Lipinski definition) is 5. The van der Waals surface area contributed by atoms with Crippen LogP contribution in [0.1, 0.15) is 5.56 Å². The standard InChI is InChI=1S/C26H26ClN5/c27-21-9-6-10-22(19-21)31-15-17-32(18-16-31)26-29-24-12-5-4-11-23(24)25(30-26)28-14-13-20-7-2-1-3-8-20/h1-12,19H,13-18H2,(H,28,29,30). The number of nitrogens with one attached hydrogen (secondary N) is 1. The van der Waals surface area contributed by atoms with Crippen molar-refractivity contribution in [3.8, 4) is 0 Å². The third-order valence-corrected chi connectivity index (χ3v) is 6.11. The van der Waals surface area contributed by atoms with Gasteiger partial charge in [0.1, 0.15) is 5.82 Å². The third kappa shape index (κ3) is 4.63. The lowest BCUT2D eigenvalue weighted by Gasteiger charge is -2.36. The Morgan fingerprint density at radius 2 is 1.53 bits per heavy atom. The minimum atomic E-state index is 0.772. The van der Waals surface area contributed by atoms with Crippen molar-refractivity contribution >= 4 is 40.0 Å². The molecule has 0 atom stereocenters. The van der Waals surface area contributed by atoms with Gasteiger partial charge in [-0.25, -0.2) is 4.98 Å². The zero-order chi connectivity index (χ0) is 21.8. The Balaban J connectivity index is 1.32. The highest BCUT2D eigenvalue weighted by Gasteiger charge is 2.21. The summed E-state index contributed by atoms with van der Waals surface area (Å²) in [5, 5.41) is 5.38. The molecule has 5 nitrogen and oxygen atoms in total. The van der Waals surface area contributed by atoms with Crippen LogP contribution in [0.15, 0.2) is 78.9 Å². The van der Waals surface area contributed by atoms with Crippen LogP contribution >= 0.6 is 11.6 Å². The van der Waals surface area contributed by atoms with Gasteiger partial charge in [-0.05, 0) is 42.3 Å². The van der Waals surface area contributed by atoms with Crippen molar-refractivity contribution in [2.24, 2.45) is 0 Å². The summed E-state index contributed by atoms with van der Waals surface area (Å²) in [5.41, 5.74) is 3.45. The van der Waals surface area contributed by atoms with Gasteiger partial charge in [-0.1, -0.05) is 60.1 Å². The number of rotatable bonds is 6. The molecule has 0 radical (unpaired) electrons. The smallest absolute Gasteiger partial charge is 0.228 e. The Labute approximate surface area is 193 Å². The van der Waals surface area contributed by atoms with Crippen molar-refractivity contribution < 1.29 is 0 Å². The molecule has 4 aromatic rings. The quantitative estimate of drug-likeness (QED) is 0.440. The van der Waals surface area contributed by atoms with Gasteiger partial charge in [-0.3, -0.25) is 0 Å². The zero-order valence-electron chi connectivity index (χ0n) is 17.9. The number of halogens is 1. The average molecular weight is 444 g/mol. The molecular formula is C26H26ClN5. The summed E-state index contributed by atoms with van der Waals surface area (Å²) >= 11 is 6.18. The van der Waals surface area contributed by atoms with Crippen LogP contribution in [0.2, 0.25) is 5.02 Å². The summed E-state index contributed by atoms with van der Waals surface area (Å²) in [6, 6.07) is 26.8. The first-order chi connectivity index (χ1) is 15.8. The van der Waals surface area contributed by atoms with Crippen molar-refractivity contribution in [1.82, 2.24) is 9.97 Å². The Hall–Kier alpha value is -3.31. The molecule has 162 valence electrons. The van der Waals surface area contributed by atoms with E-state index in [9.17, 15) is 0 Å². The van der Waals surface area contributed by atoms with Gasteiger partial charge in [0.25, 0.3) is 0 Å². The lowest BCUT2D eigenvalue weighted by Crippen LogP contribution is -2.47. The van der Waals surface area contributed by atoms with E-state index in [1.165, 1.54) is 11.3 Å². The molecule has 6 heteroatoms. The number of hydrogen-bond donors (Lipinski definition) is 1. The molecule has 1 aliphatic rings. The Morgan fingerprint density at radius 3 is 2.34 bits per heavy atom. The SMILES string of the molecule is Clc1cccc(N2CCN(c3nc(NCCc4ccccc4)c4ccccc4n3)CC2)c1. The van der Waals surface area contributed by atoms with E-state index in [4.69, 9.17) is 21.6 Å². The number of nitrogens with zero attached hydrogens (tertiary/aromatic N) is 4. The largest absolute Gasteiger partial charge is 0.369 e. The Bertz CT molecular complexity index is 1190. The molecule has 0 amide bonds. The van der Waals surface area contributed by atoms with Gasteiger partial charge >= 0.3 is 0 Å². The van der Waals surface area contributed by atoms with Crippen LogP contribution in [0.5, 0.6) is 0 Å². The monoisotopic (exact) mass is 443 g/mol. The summed E-state index contributed by atoms with van der Waals surface area (Å²) in [7, 11) is 0. The summed E-state index contributed by atoms with van der Waals surface area (Å²) < 4.78 is 0. The average Bonchev–Trinajstić information content (AvgIpc) is 2.85. The van der Waals surface area contributed by atoms with Crippen LogP contribution in [0, 0.1) is 0 Å². The van der Waals surface area contributed by atoms with E-state index in [-0.39, 0.29) is 0 Å². The van der Waals surface area contributed by atoms with Crippen LogP contribution in [0.25, 0.3) is 10.9 Å². The van der Waals surface area contributed by atoms with E-state index in [1.54, 1.807) is 0 Å². The lowest BCUT2D eigenvalue weighted by atomic mass is 10.1. The molecule has 0 spiro atoms. The van der Waals surface area contributed by atoms with Gasteiger partial charge in [0.05, 0.1) is 5.52 Å². The molecule has 1 N–H and O–H groups in total. The number of piperazine rings is 1. The predicted molar refractivity (Wildman–Crippen MR) is 134 cm³/mol. The maximum absolute atomic E-state index is 6.18. The van der Waals surface area contributed by atoms with Gasteiger partial charge in [-0.15, -0.1) is 0 Å². The second kappa shape index (κ2) is 9.45. The fourth-order valence-electron chi connectivity index (χ4n) is 4.15. The maximum atomic E-state index is 6.18. The molecule has 1 aromatic heterocycles. The molecular weight excluding hydrogens is 418 g/mol. The predicted octanol–water partition coefficient (Wildman–Crippen LogP) is 5.26. The number of anilines is 3. The van der Waals surface area contributed by atoms with Crippen LogP contribution in [0.4, 0.5) is 17.5 Å². The highest BCUT2D eigenvalue weighted by atomic mass is 35.5. The minimum Gasteiger partial charge on any atom is -0.369 e. The fraction of sp³-hybridized carbons (Fsp3) is 0.231. The van der Waals surface area contributed by atoms with Gasteiger partial charge in [0.15, 0.2) is 0 Å². The lowest BCUT2D eigenvalue weighted by molar-refractivity contribution is 0.641. The molecule has 3 aromatic carbocycles. The molecule has 0 aliphatic carbocycles. The number of fused-ring (bicyclic) bond motifs is 1. The highest BCUT2D eigenvalue weighted by Crippen LogP contribution is 2.26. The van der Waals surface area contributed by atoms with Crippen molar-refractivity contribution in [2.75, 3.05) is 47.8 Å². The molecule has 1 fully saturated rings. The molecule has 32 heavy (non-hydrogen) atoms. The van der Waals surface area contributed by atoms with Crippen molar-refractivity contribution in [2.45, 2.75) is 6.42 Å². The number of aromatic nitrogens is 2. The van der Waals surface area contributed by atoms with Crippen LogP contribution in [-0.2, 0) is 6.42 Å². The first kappa shape index (κ1) is 20.6. The van der Waals surface area contributed by atoms with E-state index >= 15 is 0 Å². The van der Waals surface area contributed by atoms with E-state index in [1.807, 2.05) is 36.4 Å². The fourth-order valence-corrected chi connectivity index (χ4v) is 4.33. The number of para-hydroxylation sites is 1. The first-order valence-electron chi connectivity index (χ1n) is 11.1. The highest BCUT2D eigenvalue weighted by molar-refractivity contribution is 6.30. The molecule has 5 rings (SSSR count). The molecule has 2 heterocycles. The van der Waals surface area contributed by atoms with Crippen LogP contribution in [-0.4, -0.2) is 42.7 Å². The number of benzene rings is 3. The maximum Gasteiger partial charge on any atom is 0.228 e. The first-order valence-corrected chi connectivity index (χ1v) is 11.4. The molecule has 1 saturated heterocycles. The van der Waals surface area contributed by atoms with Gasteiger partial charge < -0.3 is 15.1 Å². The van der Waals surface area contributed by atoms with Gasteiger partial charge in [-0.2, -0.15) is 4.98 Å². The third-order valence-electron chi connectivity index (χ3n) is 5.88. The van der Waals surface area contributed by atoms with Crippen LogP contribution in [0.3, 0.4) is 0 Å². The molecule has 1 aliphatic heterocycles. The van der Waals surface area contributed by atoms with Gasteiger partial charge in [0.2, 0.25) is 5.95 Å². The Morgan fingerprint density at radius 1 is 0.781 bits per heavy atom. The van der Waals surface area contributed by atoms with E-state index < -0.39 is 0 Å². The normalized spacial score (nSPS) is 14.0. The van der Waals surface area contributed by atoms with E-state index in [2.05, 4.69) is 57.6 Å². The summed E-state index contributed by atoms with van der Waals surface area (Å²) in [5.74, 6) is 1.69. The summed E-state index contributed by atoms with van der Waals surface area (Å²) in [6.07, 6.45) is 0.951. The van der Waals surface area contributed by atoms with Crippen molar-refractivity contribution in [3.05, 3.63) is 89.4 Å².